The molecule has 3 aliphatic carbocycles. The van der Waals surface area contributed by atoms with Crippen LogP contribution in [0.2, 0.25) is 0 Å². The van der Waals surface area contributed by atoms with E-state index in [1.54, 1.807) is 6.08 Å². The molecule has 1 N–H and O–H groups in total. The number of hydrogen-bond acceptors (Lipinski definition) is 5. The zero-order valence-corrected chi connectivity index (χ0v) is 23.9. The van der Waals surface area contributed by atoms with Gasteiger partial charge in [-0.05, 0) is 107 Å². The highest BCUT2D eigenvalue weighted by Crippen LogP contribution is 2.65. The van der Waals surface area contributed by atoms with Gasteiger partial charge in [-0.2, -0.15) is 0 Å². The lowest BCUT2D eigenvalue weighted by molar-refractivity contribution is -0.145. The Balaban J connectivity index is 1.53. The summed E-state index contributed by atoms with van der Waals surface area (Å²) in [7, 11) is 5.99. The Labute approximate surface area is 221 Å². The molecule has 0 radical (unpaired) electrons. The summed E-state index contributed by atoms with van der Waals surface area (Å²) >= 11 is 1.35. The Morgan fingerprint density at radius 3 is 2.56 bits per heavy atom. The van der Waals surface area contributed by atoms with E-state index in [0.717, 1.165) is 57.2 Å². The van der Waals surface area contributed by atoms with E-state index in [1.165, 1.54) is 16.8 Å². The van der Waals surface area contributed by atoms with E-state index >= 15 is 0 Å². The largest absolute Gasteiger partial charge is 0.338 e. The number of imide groups is 1. The third-order valence-corrected chi connectivity index (χ3v) is 10.8. The summed E-state index contributed by atoms with van der Waals surface area (Å²) in [5.74, 6) is 2.42. The number of fused-ring (bicyclic) bond motifs is 5. The Bertz CT molecular complexity index is 894. The standard InChI is InChI=1S/C28H46N4O3S/c1-7-36-29-26(35)32(18-8-17-30(4)5)25(34)22-11-10-20-19-9-12-23-28(3,16-14-24(33)31(23)6)21(19)13-15-27(20,22)2/h14,16,19-23H,7-13,15,17-18H2,1-6H3,(H,29,35)/t19-,20-,21+,22?,23?,27-,28+/m0/s1. The molecule has 0 aromatic rings. The smallest absolute Gasteiger partial charge is 0.334 e. The molecule has 4 amide bonds. The van der Waals surface area contributed by atoms with Crippen LogP contribution in [0.25, 0.3) is 0 Å². The van der Waals surface area contributed by atoms with Crippen molar-refractivity contribution in [3.63, 3.8) is 0 Å². The van der Waals surface area contributed by atoms with Gasteiger partial charge < -0.3 is 9.80 Å². The van der Waals surface area contributed by atoms with Crippen LogP contribution < -0.4 is 4.72 Å². The number of nitrogens with zero attached hydrogens (tertiary/aromatic N) is 3. The molecule has 7 nitrogen and oxygen atoms in total. The second kappa shape index (κ2) is 10.7. The molecule has 3 fully saturated rings. The van der Waals surface area contributed by atoms with Gasteiger partial charge in [0.1, 0.15) is 0 Å². The number of likely N-dealkylation sites (N-methyl/N-ethyl adjacent to an activating group) is 1. The van der Waals surface area contributed by atoms with E-state index in [9.17, 15) is 14.4 Å². The Morgan fingerprint density at radius 2 is 1.86 bits per heavy atom. The second-order valence-electron chi connectivity index (χ2n) is 12.3. The molecule has 4 aliphatic rings. The third-order valence-electron chi connectivity index (χ3n) is 10.2. The normalized spacial score (nSPS) is 37.4. The summed E-state index contributed by atoms with van der Waals surface area (Å²) in [6, 6.07) is 0.00537. The predicted octanol–water partition coefficient (Wildman–Crippen LogP) is 4.40. The van der Waals surface area contributed by atoms with Crippen molar-refractivity contribution in [2.45, 2.75) is 71.8 Å². The maximum Gasteiger partial charge on any atom is 0.334 e. The fourth-order valence-electron chi connectivity index (χ4n) is 8.38. The summed E-state index contributed by atoms with van der Waals surface area (Å²) < 4.78 is 2.88. The zero-order valence-electron chi connectivity index (χ0n) is 23.1. The number of amides is 4. The van der Waals surface area contributed by atoms with Crippen molar-refractivity contribution in [2.75, 3.05) is 40.0 Å². The van der Waals surface area contributed by atoms with Crippen molar-refractivity contribution in [2.24, 2.45) is 34.5 Å². The molecule has 1 heterocycles. The third kappa shape index (κ3) is 4.72. The van der Waals surface area contributed by atoms with Crippen molar-refractivity contribution in [1.29, 1.82) is 0 Å². The average Bonchev–Trinajstić information content (AvgIpc) is 3.19. The van der Waals surface area contributed by atoms with Crippen molar-refractivity contribution >= 4 is 29.8 Å². The first-order valence-electron chi connectivity index (χ1n) is 13.9. The molecule has 4 rings (SSSR count). The van der Waals surface area contributed by atoms with Crippen LogP contribution in [0.3, 0.4) is 0 Å². The average molecular weight is 519 g/mol. The summed E-state index contributed by atoms with van der Waals surface area (Å²) in [6.07, 6.45) is 10.9. The fourth-order valence-corrected chi connectivity index (χ4v) is 8.76. The molecule has 7 atom stereocenters. The number of nitrogens with one attached hydrogen (secondary N) is 1. The van der Waals surface area contributed by atoms with Crippen LogP contribution in [0.15, 0.2) is 12.2 Å². The maximum atomic E-state index is 14.0. The van der Waals surface area contributed by atoms with Crippen molar-refractivity contribution in [3.8, 4) is 0 Å². The minimum absolute atomic E-state index is 0.00444. The van der Waals surface area contributed by atoms with Crippen molar-refractivity contribution in [1.82, 2.24) is 19.4 Å². The highest BCUT2D eigenvalue weighted by molar-refractivity contribution is 7.97. The summed E-state index contributed by atoms with van der Waals surface area (Å²) in [4.78, 5) is 45.0. The number of rotatable bonds is 7. The van der Waals surface area contributed by atoms with Gasteiger partial charge in [-0.25, -0.2) is 4.79 Å². The van der Waals surface area contributed by atoms with Gasteiger partial charge in [0.05, 0.1) is 0 Å². The molecule has 0 spiro atoms. The molecule has 0 saturated heterocycles. The van der Waals surface area contributed by atoms with Crippen LogP contribution in [-0.2, 0) is 9.59 Å². The van der Waals surface area contributed by atoms with Crippen LogP contribution in [-0.4, -0.2) is 78.6 Å². The van der Waals surface area contributed by atoms with E-state index in [2.05, 4.69) is 29.5 Å². The molecular formula is C28H46N4O3S. The first-order valence-corrected chi connectivity index (χ1v) is 14.9. The van der Waals surface area contributed by atoms with Gasteiger partial charge >= 0.3 is 6.03 Å². The fraction of sp³-hybridized carbons (Fsp3) is 0.821. The molecule has 0 aromatic heterocycles. The SMILES string of the molecule is CCSNC(=O)N(CCCN(C)C)C(=O)C1CC[C@H]2[C@@H]3CCC4N(C)C(=O)C=C[C@]4(C)[C@@H]3CC[C@]12C. The zero-order chi connectivity index (χ0) is 26.3. The molecule has 8 heteroatoms. The predicted molar refractivity (Wildman–Crippen MR) is 145 cm³/mol. The van der Waals surface area contributed by atoms with Gasteiger partial charge in [0.15, 0.2) is 0 Å². The second-order valence-corrected chi connectivity index (χ2v) is 13.4. The van der Waals surface area contributed by atoms with Crippen molar-refractivity contribution in [3.05, 3.63) is 12.2 Å². The summed E-state index contributed by atoms with van der Waals surface area (Å²) in [6.45, 7) is 7.99. The quantitative estimate of drug-likeness (QED) is 0.506. The highest BCUT2D eigenvalue weighted by Gasteiger charge is 2.62. The minimum Gasteiger partial charge on any atom is -0.338 e. The molecule has 3 saturated carbocycles. The van der Waals surface area contributed by atoms with E-state index in [0.29, 0.717) is 24.3 Å². The Hall–Kier alpha value is -1.54. The van der Waals surface area contributed by atoms with Crippen molar-refractivity contribution < 1.29 is 14.4 Å². The topological polar surface area (TPSA) is 73.0 Å². The maximum absolute atomic E-state index is 14.0. The van der Waals surface area contributed by atoms with Gasteiger partial charge in [0.25, 0.3) is 0 Å². The Kier molecular flexibility index (Phi) is 8.15. The van der Waals surface area contributed by atoms with Crippen LogP contribution >= 0.6 is 11.9 Å². The molecule has 2 unspecified atom stereocenters. The van der Waals surface area contributed by atoms with E-state index < -0.39 is 0 Å². The van der Waals surface area contributed by atoms with Crippen LogP contribution in [0, 0.1) is 34.5 Å². The number of carbonyl (C=O) groups excluding carboxylic acids is 3. The van der Waals surface area contributed by atoms with Gasteiger partial charge in [-0.15, -0.1) is 0 Å². The minimum atomic E-state index is -0.264. The van der Waals surface area contributed by atoms with Crippen LogP contribution in [0.4, 0.5) is 4.79 Å². The molecule has 202 valence electrons. The highest BCUT2D eigenvalue weighted by atomic mass is 32.2. The monoisotopic (exact) mass is 518 g/mol. The summed E-state index contributed by atoms with van der Waals surface area (Å²) in [5, 5.41) is 0. The lowest BCUT2D eigenvalue weighted by atomic mass is 9.47. The molecule has 0 bridgehead atoms. The molecule has 36 heavy (non-hydrogen) atoms. The van der Waals surface area contributed by atoms with Gasteiger partial charge in [0.2, 0.25) is 11.8 Å². The van der Waals surface area contributed by atoms with Crippen LogP contribution in [0.1, 0.15) is 65.7 Å². The van der Waals surface area contributed by atoms with Gasteiger partial charge in [-0.1, -0.05) is 26.8 Å². The van der Waals surface area contributed by atoms with E-state index in [4.69, 9.17) is 0 Å². The first kappa shape index (κ1) is 27.5. The summed E-state index contributed by atoms with van der Waals surface area (Å²) in [5.41, 5.74) is -0.0655. The molecule has 0 aromatic carbocycles. The van der Waals surface area contributed by atoms with E-state index in [1.807, 2.05) is 33.0 Å². The van der Waals surface area contributed by atoms with Gasteiger partial charge in [-0.3, -0.25) is 19.2 Å². The van der Waals surface area contributed by atoms with Gasteiger partial charge in [0, 0.05) is 36.7 Å². The van der Waals surface area contributed by atoms with E-state index in [-0.39, 0.29) is 40.6 Å². The number of hydrogen-bond donors (Lipinski definition) is 1. The molecular weight excluding hydrogens is 472 g/mol. The first-order chi connectivity index (χ1) is 17.0. The molecule has 1 aliphatic heterocycles. The number of carbonyl (C=O) groups is 3. The number of urea groups is 1. The Morgan fingerprint density at radius 1 is 1.11 bits per heavy atom. The lowest BCUT2D eigenvalue weighted by Crippen LogP contribution is -2.60. The van der Waals surface area contributed by atoms with Crippen LogP contribution in [0.5, 0.6) is 0 Å². The lowest BCUT2D eigenvalue weighted by Gasteiger charge is -2.60.